The van der Waals surface area contributed by atoms with Gasteiger partial charge in [0.05, 0.1) is 17.8 Å². The molecule has 0 bridgehead atoms. The first-order chi connectivity index (χ1) is 9.03. The van der Waals surface area contributed by atoms with Gasteiger partial charge in [-0.1, -0.05) is 12.1 Å². The van der Waals surface area contributed by atoms with Gasteiger partial charge in [0.15, 0.2) is 0 Å². The zero-order valence-corrected chi connectivity index (χ0v) is 11.0. The Morgan fingerprint density at radius 2 is 2.05 bits per heavy atom. The molecule has 2 N–H and O–H groups in total. The molecule has 0 fully saturated rings. The first kappa shape index (κ1) is 13.3. The summed E-state index contributed by atoms with van der Waals surface area (Å²) in [5.74, 6) is 0. The molecule has 0 saturated carbocycles. The summed E-state index contributed by atoms with van der Waals surface area (Å²) in [5.41, 5.74) is 1.32. The highest BCUT2D eigenvalue weighted by Crippen LogP contribution is 2.16. The number of sulfonamides is 1. The Morgan fingerprint density at radius 3 is 2.58 bits per heavy atom. The molecular weight excluding hydrogens is 264 g/mol. The molecule has 1 atom stereocenters. The van der Waals surface area contributed by atoms with Crippen molar-refractivity contribution in [3.8, 4) is 6.07 Å². The zero-order chi connectivity index (χ0) is 13.9. The van der Waals surface area contributed by atoms with E-state index in [-0.39, 0.29) is 4.90 Å². The molecule has 0 spiro atoms. The van der Waals surface area contributed by atoms with Gasteiger partial charge in [-0.3, -0.25) is 5.10 Å². The standard InChI is InChI=1S/C12H12N4O2S/c1-9(11-4-2-10(6-13)3-5-11)16-19(17,18)12-7-14-15-8-12/h2-5,7-9,16H,1H3,(H,14,15). The minimum atomic E-state index is -3.59. The maximum atomic E-state index is 12.0. The second kappa shape index (κ2) is 5.22. The van der Waals surface area contributed by atoms with Crippen molar-refractivity contribution in [1.82, 2.24) is 14.9 Å². The molecule has 1 unspecified atom stereocenters. The summed E-state index contributed by atoms with van der Waals surface area (Å²) >= 11 is 0. The number of hydrogen-bond donors (Lipinski definition) is 2. The number of nitrogens with zero attached hydrogens (tertiary/aromatic N) is 2. The predicted octanol–water partition coefficient (Wildman–Crippen LogP) is 1.32. The van der Waals surface area contributed by atoms with Crippen molar-refractivity contribution in [2.45, 2.75) is 17.9 Å². The fourth-order valence-electron chi connectivity index (χ4n) is 1.60. The summed E-state index contributed by atoms with van der Waals surface area (Å²) < 4.78 is 26.5. The maximum Gasteiger partial charge on any atom is 0.244 e. The third-order valence-corrected chi connectivity index (χ3v) is 4.16. The smallest absolute Gasteiger partial charge is 0.244 e. The number of hydrogen-bond acceptors (Lipinski definition) is 4. The Hall–Kier alpha value is -2.17. The minimum Gasteiger partial charge on any atom is -0.284 e. The van der Waals surface area contributed by atoms with Gasteiger partial charge >= 0.3 is 0 Å². The van der Waals surface area contributed by atoms with Crippen LogP contribution in [0.1, 0.15) is 24.1 Å². The molecule has 98 valence electrons. The molecule has 2 aromatic rings. The lowest BCUT2D eigenvalue weighted by Gasteiger charge is -2.13. The summed E-state index contributed by atoms with van der Waals surface area (Å²) in [4.78, 5) is 0.0907. The summed E-state index contributed by atoms with van der Waals surface area (Å²) in [7, 11) is -3.59. The molecule has 0 radical (unpaired) electrons. The number of benzene rings is 1. The van der Waals surface area contributed by atoms with E-state index in [1.54, 1.807) is 31.2 Å². The van der Waals surface area contributed by atoms with Crippen molar-refractivity contribution < 1.29 is 8.42 Å². The molecular formula is C12H12N4O2S. The predicted molar refractivity (Wildman–Crippen MR) is 68.5 cm³/mol. The van der Waals surface area contributed by atoms with Gasteiger partial charge < -0.3 is 0 Å². The van der Waals surface area contributed by atoms with Crippen LogP contribution in [-0.2, 0) is 10.0 Å². The van der Waals surface area contributed by atoms with Crippen LogP contribution in [0.4, 0.5) is 0 Å². The van der Waals surface area contributed by atoms with Crippen LogP contribution in [0, 0.1) is 11.3 Å². The van der Waals surface area contributed by atoms with Crippen molar-refractivity contribution in [3.05, 3.63) is 47.8 Å². The number of H-pyrrole nitrogens is 1. The number of rotatable bonds is 4. The highest BCUT2D eigenvalue weighted by Gasteiger charge is 2.19. The number of aromatic nitrogens is 2. The zero-order valence-electron chi connectivity index (χ0n) is 10.2. The summed E-state index contributed by atoms with van der Waals surface area (Å²) in [6, 6.07) is 8.37. The Bertz CT molecular complexity index is 684. The molecule has 1 aromatic heterocycles. The molecule has 0 saturated heterocycles. The SMILES string of the molecule is CC(NS(=O)(=O)c1cn[nH]c1)c1ccc(C#N)cc1. The van der Waals surface area contributed by atoms with Crippen LogP contribution in [0.25, 0.3) is 0 Å². The van der Waals surface area contributed by atoms with Crippen molar-refractivity contribution in [2.24, 2.45) is 0 Å². The lowest BCUT2D eigenvalue weighted by atomic mass is 10.1. The van der Waals surface area contributed by atoms with Crippen LogP contribution in [0.5, 0.6) is 0 Å². The number of aromatic amines is 1. The second-order valence-electron chi connectivity index (χ2n) is 4.01. The highest BCUT2D eigenvalue weighted by molar-refractivity contribution is 7.89. The Balaban J connectivity index is 2.17. The molecule has 2 rings (SSSR count). The van der Waals surface area contributed by atoms with Crippen LogP contribution in [-0.4, -0.2) is 18.6 Å². The van der Waals surface area contributed by atoms with Crippen LogP contribution < -0.4 is 4.72 Å². The van der Waals surface area contributed by atoms with Crippen molar-refractivity contribution in [1.29, 1.82) is 5.26 Å². The monoisotopic (exact) mass is 276 g/mol. The average Bonchev–Trinajstić information content (AvgIpc) is 2.93. The highest BCUT2D eigenvalue weighted by atomic mass is 32.2. The van der Waals surface area contributed by atoms with E-state index in [0.717, 1.165) is 5.56 Å². The molecule has 0 aliphatic heterocycles. The van der Waals surface area contributed by atoms with Gasteiger partial charge in [0.2, 0.25) is 10.0 Å². The van der Waals surface area contributed by atoms with Gasteiger partial charge in [-0.15, -0.1) is 0 Å². The van der Waals surface area contributed by atoms with Crippen molar-refractivity contribution in [3.63, 3.8) is 0 Å². The van der Waals surface area contributed by atoms with Gasteiger partial charge in [0.25, 0.3) is 0 Å². The van der Waals surface area contributed by atoms with Crippen LogP contribution in [0.2, 0.25) is 0 Å². The van der Waals surface area contributed by atoms with Crippen molar-refractivity contribution in [2.75, 3.05) is 0 Å². The molecule has 1 aromatic carbocycles. The van der Waals surface area contributed by atoms with E-state index < -0.39 is 16.1 Å². The molecule has 1 heterocycles. The molecule has 0 amide bonds. The van der Waals surface area contributed by atoms with Gasteiger partial charge in [-0.25, -0.2) is 13.1 Å². The maximum absolute atomic E-state index is 12.0. The molecule has 0 aliphatic rings. The molecule has 7 heteroatoms. The normalized spacial score (nSPS) is 12.8. The van der Waals surface area contributed by atoms with Crippen LogP contribution >= 0.6 is 0 Å². The number of nitriles is 1. The quantitative estimate of drug-likeness (QED) is 0.879. The van der Waals surface area contributed by atoms with Gasteiger partial charge in [0.1, 0.15) is 4.90 Å². The average molecular weight is 276 g/mol. The Labute approximate surface area is 111 Å². The van der Waals surface area contributed by atoms with Gasteiger partial charge in [-0.2, -0.15) is 10.4 Å². The lowest BCUT2D eigenvalue weighted by Crippen LogP contribution is -2.26. The first-order valence-corrected chi connectivity index (χ1v) is 7.02. The Kier molecular flexibility index (Phi) is 3.64. The third kappa shape index (κ3) is 2.99. The van der Waals surface area contributed by atoms with Crippen LogP contribution in [0.15, 0.2) is 41.6 Å². The van der Waals surface area contributed by atoms with E-state index >= 15 is 0 Å². The molecule has 6 nitrogen and oxygen atoms in total. The van der Waals surface area contributed by atoms with E-state index in [2.05, 4.69) is 14.9 Å². The summed E-state index contributed by atoms with van der Waals surface area (Å²) in [6.45, 7) is 1.74. The number of nitrogens with one attached hydrogen (secondary N) is 2. The largest absolute Gasteiger partial charge is 0.284 e. The van der Waals surface area contributed by atoms with Crippen LogP contribution in [0.3, 0.4) is 0 Å². The topological polar surface area (TPSA) is 98.6 Å². The lowest BCUT2D eigenvalue weighted by molar-refractivity contribution is 0.567. The van der Waals surface area contributed by atoms with E-state index in [9.17, 15) is 8.42 Å². The van der Waals surface area contributed by atoms with E-state index in [0.29, 0.717) is 5.56 Å². The molecule has 19 heavy (non-hydrogen) atoms. The summed E-state index contributed by atoms with van der Waals surface area (Å²) in [5, 5.41) is 14.8. The van der Waals surface area contributed by atoms with E-state index in [1.807, 2.05) is 6.07 Å². The van der Waals surface area contributed by atoms with Gasteiger partial charge in [-0.05, 0) is 24.6 Å². The van der Waals surface area contributed by atoms with E-state index in [1.165, 1.54) is 12.4 Å². The minimum absolute atomic E-state index is 0.0907. The third-order valence-electron chi connectivity index (χ3n) is 2.66. The second-order valence-corrected chi connectivity index (χ2v) is 5.72. The Morgan fingerprint density at radius 1 is 1.37 bits per heavy atom. The first-order valence-electron chi connectivity index (χ1n) is 5.54. The van der Waals surface area contributed by atoms with Gasteiger partial charge in [0, 0.05) is 12.2 Å². The van der Waals surface area contributed by atoms with E-state index in [4.69, 9.17) is 5.26 Å². The molecule has 0 aliphatic carbocycles. The fourth-order valence-corrected chi connectivity index (χ4v) is 2.74. The fraction of sp³-hybridized carbons (Fsp3) is 0.167. The summed E-state index contributed by atoms with van der Waals surface area (Å²) in [6.07, 6.45) is 2.56. The van der Waals surface area contributed by atoms with Crippen molar-refractivity contribution >= 4 is 10.0 Å².